The lowest BCUT2D eigenvalue weighted by molar-refractivity contribution is -0.141. The maximum atomic E-state index is 13.2. The third-order valence-corrected chi connectivity index (χ3v) is 6.12. The van der Waals surface area contributed by atoms with E-state index in [1.165, 1.54) is 0 Å². The van der Waals surface area contributed by atoms with Crippen molar-refractivity contribution in [1.29, 1.82) is 0 Å². The number of carbonyl (C=O) groups excluding carboxylic acids is 5. The first-order valence-electron chi connectivity index (χ1n) is 13.1. The number of amides is 5. The quantitative estimate of drug-likeness (QED) is 0.0973. The average Bonchev–Trinajstić information content (AvgIpc) is 2.81. The van der Waals surface area contributed by atoms with Crippen LogP contribution < -0.4 is 32.7 Å². The zero-order valence-electron chi connectivity index (χ0n) is 23.7. The zero-order chi connectivity index (χ0) is 30.4. The minimum atomic E-state index is -1.32. The number of carbonyl (C=O) groups is 6. The molecule has 0 rings (SSSR count). The van der Waals surface area contributed by atoms with Gasteiger partial charge in [-0.2, -0.15) is 12.6 Å². The highest BCUT2D eigenvalue weighted by atomic mass is 32.1. The molecule has 224 valence electrons. The highest BCUT2D eigenvalue weighted by Gasteiger charge is 2.33. The fourth-order valence-corrected chi connectivity index (χ4v) is 3.91. The molecule has 0 aliphatic carbocycles. The molecule has 0 heterocycles. The van der Waals surface area contributed by atoms with Crippen LogP contribution in [-0.2, 0) is 28.8 Å². The molecule has 0 bridgehead atoms. The lowest BCUT2D eigenvalue weighted by Crippen LogP contribution is -2.59. The Morgan fingerprint density at radius 1 is 0.718 bits per heavy atom. The summed E-state index contributed by atoms with van der Waals surface area (Å²) in [5.74, 6) is -5.09. The van der Waals surface area contributed by atoms with Crippen LogP contribution in [0.2, 0.25) is 0 Å². The van der Waals surface area contributed by atoms with Crippen LogP contribution in [0.1, 0.15) is 67.2 Å². The van der Waals surface area contributed by atoms with E-state index in [2.05, 4.69) is 33.9 Å². The Bertz CT molecular complexity index is 868. The minimum Gasteiger partial charge on any atom is -0.480 e. The van der Waals surface area contributed by atoms with Gasteiger partial charge in [-0.25, -0.2) is 4.79 Å². The van der Waals surface area contributed by atoms with E-state index >= 15 is 0 Å². The van der Waals surface area contributed by atoms with E-state index in [0.29, 0.717) is 6.42 Å². The lowest BCUT2D eigenvalue weighted by Gasteiger charge is -2.28. The highest BCUT2D eigenvalue weighted by Crippen LogP contribution is 2.10. The van der Waals surface area contributed by atoms with Gasteiger partial charge in [-0.1, -0.05) is 41.5 Å². The predicted octanol–water partition coefficient (Wildman–Crippen LogP) is -0.719. The highest BCUT2D eigenvalue weighted by molar-refractivity contribution is 7.80. The predicted molar refractivity (Wildman–Crippen MR) is 149 cm³/mol. The summed E-state index contributed by atoms with van der Waals surface area (Å²) in [7, 11) is 0. The maximum Gasteiger partial charge on any atom is 0.327 e. The number of aliphatic carboxylic acids is 1. The van der Waals surface area contributed by atoms with Crippen LogP contribution in [0.3, 0.4) is 0 Å². The summed E-state index contributed by atoms with van der Waals surface area (Å²) in [6.07, 6.45) is 0.186. The van der Waals surface area contributed by atoms with Crippen LogP contribution in [-0.4, -0.2) is 76.6 Å². The van der Waals surface area contributed by atoms with Gasteiger partial charge in [0.25, 0.3) is 0 Å². The lowest BCUT2D eigenvalue weighted by atomic mass is 9.98. The molecule has 0 fully saturated rings. The first kappa shape index (κ1) is 36.1. The van der Waals surface area contributed by atoms with Gasteiger partial charge in [0.1, 0.15) is 24.2 Å². The average molecular weight is 575 g/mol. The fourth-order valence-electron chi connectivity index (χ4n) is 3.66. The van der Waals surface area contributed by atoms with Gasteiger partial charge in [0.05, 0.1) is 6.04 Å². The molecule has 13 nitrogen and oxygen atoms in total. The van der Waals surface area contributed by atoms with Crippen LogP contribution in [0.4, 0.5) is 0 Å². The van der Waals surface area contributed by atoms with Gasteiger partial charge >= 0.3 is 5.97 Å². The van der Waals surface area contributed by atoms with Gasteiger partial charge < -0.3 is 37.8 Å². The molecule has 14 heteroatoms. The van der Waals surface area contributed by atoms with Gasteiger partial charge in [0.15, 0.2) is 0 Å². The van der Waals surface area contributed by atoms with Gasteiger partial charge in [-0.3, -0.25) is 24.0 Å². The molecular formula is C25H46N6O7S. The Labute approximate surface area is 235 Å². The second-order valence-electron chi connectivity index (χ2n) is 10.8. The maximum absolute atomic E-state index is 13.2. The summed E-state index contributed by atoms with van der Waals surface area (Å²) in [6.45, 7) is 11.0. The summed E-state index contributed by atoms with van der Waals surface area (Å²) in [4.78, 5) is 74.4. The molecule has 39 heavy (non-hydrogen) atoms. The smallest absolute Gasteiger partial charge is 0.327 e. The van der Waals surface area contributed by atoms with Crippen molar-refractivity contribution < 1.29 is 33.9 Å². The Morgan fingerprint density at radius 2 is 1.21 bits per heavy atom. The standard InChI is InChI=1S/C25H46N6O7S/c1-12(2)9-15(26)21(33)31-20(14(5)6)24(36)29-17(10-13(3)4)23(35)28-16(7-8-19(27)32)22(34)30-18(11-39)25(37)38/h12-18,20,39H,7-11,26H2,1-6H3,(H2,27,32)(H,28,35)(H,29,36)(H,30,34)(H,31,33)(H,37,38). The summed E-state index contributed by atoms with van der Waals surface area (Å²) in [6, 6.07) is -5.49. The molecule has 0 aromatic heterocycles. The van der Waals surface area contributed by atoms with E-state index < -0.39 is 65.7 Å². The van der Waals surface area contributed by atoms with Crippen LogP contribution in [0.25, 0.3) is 0 Å². The van der Waals surface area contributed by atoms with Crippen molar-refractivity contribution >= 4 is 48.1 Å². The van der Waals surface area contributed by atoms with Crippen molar-refractivity contribution in [2.24, 2.45) is 29.2 Å². The van der Waals surface area contributed by atoms with Crippen molar-refractivity contribution in [3.8, 4) is 0 Å². The number of nitrogens with one attached hydrogen (secondary N) is 4. The largest absolute Gasteiger partial charge is 0.480 e. The third kappa shape index (κ3) is 14.2. The number of rotatable bonds is 18. The van der Waals surface area contributed by atoms with E-state index in [4.69, 9.17) is 11.5 Å². The normalized spacial score (nSPS) is 15.2. The molecule has 0 saturated carbocycles. The first-order valence-corrected chi connectivity index (χ1v) is 13.7. The monoisotopic (exact) mass is 574 g/mol. The number of hydrogen-bond acceptors (Lipinski definition) is 8. The third-order valence-electron chi connectivity index (χ3n) is 5.76. The zero-order valence-corrected chi connectivity index (χ0v) is 24.5. The summed E-state index contributed by atoms with van der Waals surface area (Å²) >= 11 is 3.91. The molecule has 9 N–H and O–H groups in total. The van der Waals surface area contributed by atoms with Gasteiger partial charge in [0, 0.05) is 12.2 Å². The van der Waals surface area contributed by atoms with Gasteiger partial charge in [0.2, 0.25) is 29.5 Å². The molecule has 0 radical (unpaired) electrons. The molecule has 0 aromatic rings. The van der Waals surface area contributed by atoms with Crippen molar-refractivity contribution in [1.82, 2.24) is 21.3 Å². The van der Waals surface area contributed by atoms with E-state index in [1.54, 1.807) is 13.8 Å². The Kier molecular flexibility index (Phi) is 16.4. The second kappa shape index (κ2) is 17.7. The second-order valence-corrected chi connectivity index (χ2v) is 11.2. The summed E-state index contributed by atoms with van der Waals surface area (Å²) < 4.78 is 0. The van der Waals surface area contributed by atoms with Crippen molar-refractivity contribution in [3.05, 3.63) is 0 Å². The van der Waals surface area contributed by atoms with E-state index in [0.717, 1.165) is 0 Å². The van der Waals surface area contributed by atoms with Crippen LogP contribution in [0.15, 0.2) is 0 Å². The van der Waals surface area contributed by atoms with E-state index in [-0.39, 0.29) is 42.8 Å². The van der Waals surface area contributed by atoms with E-state index in [1.807, 2.05) is 27.7 Å². The number of nitrogens with two attached hydrogens (primary N) is 2. The van der Waals surface area contributed by atoms with Crippen LogP contribution >= 0.6 is 12.6 Å². The van der Waals surface area contributed by atoms with Crippen molar-refractivity contribution in [3.63, 3.8) is 0 Å². The molecule has 0 spiro atoms. The summed E-state index contributed by atoms with van der Waals surface area (Å²) in [5, 5.41) is 19.3. The molecule has 5 unspecified atom stereocenters. The van der Waals surface area contributed by atoms with Crippen molar-refractivity contribution in [2.75, 3.05) is 5.75 Å². The van der Waals surface area contributed by atoms with Crippen LogP contribution in [0, 0.1) is 17.8 Å². The number of primary amides is 1. The molecule has 5 atom stereocenters. The summed E-state index contributed by atoms with van der Waals surface area (Å²) in [5.41, 5.74) is 11.2. The van der Waals surface area contributed by atoms with Crippen molar-refractivity contribution in [2.45, 2.75) is 97.4 Å². The Morgan fingerprint density at radius 3 is 1.64 bits per heavy atom. The van der Waals surface area contributed by atoms with Crippen LogP contribution in [0.5, 0.6) is 0 Å². The molecule has 0 aliphatic rings. The molecule has 0 saturated heterocycles. The molecular weight excluding hydrogens is 528 g/mol. The number of hydrogen-bond donors (Lipinski definition) is 8. The SMILES string of the molecule is CC(C)CC(N)C(=O)NC(C(=O)NC(CC(C)C)C(=O)NC(CCC(N)=O)C(=O)NC(CS)C(=O)O)C(C)C. The topological polar surface area (TPSA) is 223 Å². The Hall–Kier alpha value is -2.87. The number of thiol groups is 1. The molecule has 0 aromatic carbocycles. The van der Waals surface area contributed by atoms with Gasteiger partial charge in [-0.05, 0) is 37.0 Å². The number of carboxylic acids is 1. The molecule has 0 aliphatic heterocycles. The Balaban J connectivity index is 5.78. The molecule has 5 amide bonds. The minimum absolute atomic E-state index is 0.0499. The van der Waals surface area contributed by atoms with E-state index in [9.17, 15) is 33.9 Å². The number of carboxylic acid groups (broad SMARTS) is 1. The first-order chi connectivity index (χ1) is 18.0. The van der Waals surface area contributed by atoms with Gasteiger partial charge in [-0.15, -0.1) is 0 Å². The fraction of sp³-hybridized carbons (Fsp3) is 0.760.